The minimum atomic E-state index is -0.367. The molecule has 3 heteroatoms. The SMILES string of the molecule is C/C=C/COC(=O)CN. The number of ether oxygens (including phenoxy) is 1. The lowest BCUT2D eigenvalue weighted by Crippen LogP contribution is -2.16. The average molecular weight is 129 g/mol. The summed E-state index contributed by atoms with van der Waals surface area (Å²) in [6.45, 7) is 2.14. The standard InChI is InChI=1S/C6H11NO2/c1-2-3-4-9-6(8)5-7/h2-3H,4-5,7H2,1H3/b3-2+. The fraction of sp³-hybridized carbons (Fsp3) is 0.500. The second kappa shape index (κ2) is 5.31. The number of carbonyl (C=O) groups excluding carboxylic acids is 1. The van der Waals surface area contributed by atoms with Gasteiger partial charge in [-0.1, -0.05) is 12.2 Å². The molecular weight excluding hydrogens is 118 g/mol. The monoisotopic (exact) mass is 129 g/mol. The Balaban J connectivity index is 3.17. The van der Waals surface area contributed by atoms with E-state index in [1.54, 1.807) is 6.08 Å². The van der Waals surface area contributed by atoms with E-state index in [0.717, 1.165) is 0 Å². The number of nitrogens with two attached hydrogens (primary N) is 1. The van der Waals surface area contributed by atoms with Crippen molar-refractivity contribution in [2.24, 2.45) is 5.73 Å². The Hall–Kier alpha value is -0.830. The normalized spacial score (nSPS) is 10.0. The zero-order chi connectivity index (χ0) is 7.11. The maximum Gasteiger partial charge on any atom is 0.320 e. The molecule has 0 atom stereocenters. The van der Waals surface area contributed by atoms with Crippen LogP contribution in [0.15, 0.2) is 12.2 Å². The molecule has 0 aliphatic heterocycles. The van der Waals surface area contributed by atoms with E-state index in [-0.39, 0.29) is 12.5 Å². The van der Waals surface area contributed by atoms with Crippen molar-refractivity contribution in [3.63, 3.8) is 0 Å². The van der Waals surface area contributed by atoms with Gasteiger partial charge in [0.05, 0.1) is 6.54 Å². The maximum atomic E-state index is 10.3. The third kappa shape index (κ3) is 5.03. The van der Waals surface area contributed by atoms with Gasteiger partial charge in [0, 0.05) is 0 Å². The molecule has 52 valence electrons. The molecular formula is C6H11NO2. The molecule has 2 N–H and O–H groups in total. The Labute approximate surface area is 54.5 Å². The van der Waals surface area contributed by atoms with Crippen molar-refractivity contribution >= 4 is 5.97 Å². The predicted octanol–water partition coefficient (Wildman–Crippen LogP) is 0.0644. The summed E-state index contributed by atoms with van der Waals surface area (Å²) in [5.74, 6) is -0.367. The molecule has 0 fully saturated rings. The lowest BCUT2D eigenvalue weighted by molar-refractivity contribution is -0.140. The van der Waals surface area contributed by atoms with Crippen LogP contribution >= 0.6 is 0 Å². The largest absolute Gasteiger partial charge is 0.461 e. The van der Waals surface area contributed by atoms with Crippen LogP contribution < -0.4 is 5.73 Å². The van der Waals surface area contributed by atoms with Gasteiger partial charge in [-0.25, -0.2) is 0 Å². The Morgan fingerprint density at radius 3 is 2.89 bits per heavy atom. The summed E-state index contributed by atoms with van der Waals surface area (Å²) in [5.41, 5.74) is 4.96. The highest BCUT2D eigenvalue weighted by Gasteiger charge is 1.92. The molecule has 0 aromatic heterocycles. The molecule has 0 rings (SSSR count). The van der Waals surface area contributed by atoms with Gasteiger partial charge in [0.2, 0.25) is 0 Å². The third-order valence-corrected chi connectivity index (χ3v) is 0.743. The van der Waals surface area contributed by atoms with Crippen LogP contribution in [0.1, 0.15) is 6.92 Å². The van der Waals surface area contributed by atoms with Crippen LogP contribution in [-0.2, 0) is 9.53 Å². The zero-order valence-corrected chi connectivity index (χ0v) is 5.46. The van der Waals surface area contributed by atoms with Crippen LogP contribution in [0.3, 0.4) is 0 Å². The van der Waals surface area contributed by atoms with Crippen molar-refractivity contribution in [2.75, 3.05) is 13.2 Å². The number of carbonyl (C=O) groups is 1. The van der Waals surface area contributed by atoms with E-state index < -0.39 is 0 Å². The Morgan fingerprint density at radius 2 is 2.44 bits per heavy atom. The number of hydrogen-bond acceptors (Lipinski definition) is 3. The van der Waals surface area contributed by atoms with E-state index in [4.69, 9.17) is 5.73 Å². The summed E-state index contributed by atoms with van der Waals surface area (Å²) < 4.78 is 4.58. The predicted molar refractivity (Wildman–Crippen MR) is 34.8 cm³/mol. The zero-order valence-electron chi connectivity index (χ0n) is 5.46. The van der Waals surface area contributed by atoms with Crippen LogP contribution in [-0.4, -0.2) is 19.1 Å². The first-order valence-corrected chi connectivity index (χ1v) is 2.78. The quantitative estimate of drug-likeness (QED) is 0.433. The summed E-state index contributed by atoms with van der Waals surface area (Å²) in [6.07, 6.45) is 3.55. The first kappa shape index (κ1) is 8.17. The first-order chi connectivity index (χ1) is 4.31. The highest BCUT2D eigenvalue weighted by atomic mass is 16.5. The highest BCUT2D eigenvalue weighted by molar-refractivity contribution is 5.71. The summed E-state index contributed by atoms with van der Waals surface area (Å²) in [4.78, 5) is 10.3. The van der Waals surface area contributed by atoms with E-state index in [1.807, 2.05) is 13.0 Å². The molecule has 0 heterocycles. The van der Waals surface area contributed by atoms with Gasteiger partial charge >= 0.3 is 5.97 Å². The molecule has 9 heavy (non-hydrogen) atoms. The second-order valence-electron chi connectivity index (χ2n) is 1.46. The van der Waals surface area contributed by atoms with E-state index in [9.17, 15) is 4.79 Å². The lowest BCUT2D eigenvalue weighted by atomic mass is 10.5. The van der Waals surface area contributed by atoms with Gasteiger partial charge in [0.1, 0.15) is 6.61 Å². The van der Waals surface area contributed by atoms with Crippen LogP contribution in [0, 0.1) is 0 Å². The Morgan fingerprint density at radius 1 is 1.78 bits per heavy atom. The Kier molecular flexibility index (Phi) is 4.82. The minimum Gasteiger partial charge on any atom is -0.461 e. The van der Waals surface area contributed by atoms with Crippen molar-refractivity contribution < 1.29 is 9.53 Å². The van der Waals surface area contributed by atoms with Gasteiger partial charge in [-0.3, -0.25) is 4.79 Å². The van der Waals surface area contributed by atoms with Gasteiger partial charge in [-0.2, -0.15) is 0 Å². The van der Waals surface area contributed by atoms with Gasteiger partial charge < -0.3 is 10.5 Å². The molecule has 0 aromatic rings. The molecule has 0 saturated heterocycles. The molecule has 0 radical (unpaired) electrons. The van der Waals surface area contributed by atoms with Crippen molar-refractivity contribution in [3.8, 4) is 0 Å². The molecule has 0 spiro atoms. The Bertz CT molecular complexity index is 110. The maximum absolute atomic E-state index is 10.3. The average Bonchev–Trinajstić information content (AvgIpc) is 1.89. The molecule has 3 nitrogen and oxygen atoms in total. The molecule has 0 saturated carbocycles. The number of allylic oxidation sites excluding steroid dienone is 1. The third-order valence-electron chi connectivity index (χ3n) is 0.743. The lowest BCUT2D eigenvalue weighted by Gasteiger charge is -1.95. The highest BCUT2D eigenvalue weighted by Crippen LogP contribution is 1.76. The van der Waals surface area contributed by atoms with Gasteiger partial charge in [0.25, 0.3) is 0 Å². The summed E-state index contributed by atoms with van der Waals surface area (Å²) >= 11 is 0. The smallest absolute Gasteiger partial charge is 0.320 e. The van der Waals surface area contributed by atoms with E-state index in [2.05, 4.69) is 4.74 Å². The van der Waals surface area contributed by atoms with Gasteiger partial charge in [-0.05, 0) is 6.92 Å². The minimum absolute atomic E-state index is 0.0441. The fourth-order valence-corrected chi connectivity index (χ4v) is 0.296. The van der Waals surface area contributed by atoms with Gasteiger partial charge in [0.15, 0.2) is 0 Å². The summed E-state index contributed by atoms with van der Waals surface area (Å²) in [6, 6.07) is 0. The molecule has 0 bridgehead atoms. The number of esters is 1. The van der Waals surface area contributed by atoms with E-state index >= 15 is 0 Å². The summed E-state index contributed by atoms with van der Waals surface area (Å²) in [5, 5.41) is 0. The van der Waals surface area contributed by atoms with Gasteiger partial charge in [-0.15, -0.1) is 0 Å². The van der Waals surface area contributed by atoms with Crippen LogP contribution in [0.2, 0.25) is 0 Å². The fourth-order valence-electron chi connectivity index (χ4n) is 0.296. The topological polar surface area (TPSA) is 52.3 Å². The van der Waals surface area contributed by atoms with Crippen molar-refractivity contribution in [3.05, 3.63) is 12.2 Å². The van der Waals surface area contributed by atoms with Crippen LogP contribution in [0.5, 0.6) is 0 Å². The van der Waals surface area contributed by atoms with Crippen molar-refractivity contribution in [2.45, 2.75) is 6.92 Å². The molecule has 0 aliphatic rings. The molecule has 0 amide bonds. The van der Waals surface area contributed by atoms with E-state index in [1.165, 1.54) is 0 Å². The second-order valence-corrected chi connectivity index (χ2v) is 1.46. The number of rotatable bonds is 3. The molecule has 0 aromatic carbocycles. The van der Waals surface area contributed by atoms with Crippen molar-refractivity contribution in [1.29, 1.82) is 0 Å². The molecule has 0 unspecified atom stereocenters. The molecule has 0 aliphatic carbocycles. The van der Waals surface area contributed by atoms with Crippen LogP contribution in [0.4, 0.5) is 0 Å². The summed E-state index contributed by atoms with van der Waals surface area (Å²) in [7, 11) is 0. The van der Waals surface area contributed by atoms with Crippen molar-refractivity contribution in [1.82, 2.24) is 0 Å². The van der Waals surface area contributed by atoms with Crippen LogP contribution in [0.25, 0.3) is 0 Å². The number of hydrogen-bond donors (Lipinski definition) is 1. The first-order valence-electron chi connectivity index (χ1n) is 2.78. The van der Waals surface area contributed by atoms with E-state index in [0.29, 0.717) is 6.61 Å².